The quantitative estimate of drug-likeness (QED) is 0.549. The Morgan fingerprint density at radius 3 is 2.37 bits per heavy atom. The fourth-order valence-corrected chi connectivity index (χ4v) is 5.17. The Balaban J connectivity index is 1.85. The first-order valence-electron chi connectivity index (χ1n) is 9.60. The molecular formula is C20H23N3O6S. The van der Waals surface area contributed by atoms with Crippen LogP contribution in [0.15, 0.2) is 41.3 Å². The zero-order chi connectivity index (χ0) is 21.9. The zero-order valence-corrected chi connectivity index (χ0v) is 17.3. The second-order valence-electron chi connectivity index (χ2n) is 7.21. The molecule has 1 aliphatic rings. The number of nitrogens with zero attached hydrogens (tertiary/aromatic N) is 2. The molecule has 0 aliphatic carbocycles. The van der Waals surface area contributed by atoms with E-state index in [2.05, 4.69) is 5.32 Å². The van der Waals surface area contributed by atoms with Gasteiger partial charge in [-0.05, 0) is 49.6 Å². The maximum Gasteiger partial charge on any atom is 0.310 e. The van der Waals surface area contributed by atoms with Gasteiger partial charge < -0.3 is 10.4 Å². The van der Waals surface area contributed by atoms with Crippen molar-refractivity contribution in [3.8, 4) is 5.75 Å². The Hall–Kier alpha value is -2.98. The van der Waals surface area contributed by atoms with Crippen molar-refractivity contribution in [2.75, 3.05) is 18.4 Å². The Labute approximate surface area is 174 Å². The Kier molecular flexibility index (Phi) is 6.37. The molecule has 1 aliphatic heterocycles. The minimum absolute atomic E-state index is 0.00982. The van der Waals surface area contributed by atoms with Crippen LogP contribution in [0.25, 0.3) is 0 Å². The second kappa shape index (κ2) is 8.80. The summed E-state index contributed by atoms with van der Waals surface area (Å²) in [5.74, 6) is -1.25. The number of aryl methyl sites for hydroxylation is 1. The Morgan fingerprint density at radius 1 is 1.10 bits per heavy atom. The maximum absolute atomic E-state index is 13.1. The largest absolute Gasteiger partial charge is 0.502 e. The van der Waals surface area contributed by atoms with E-state index in [9.17, 15) is 28.4 Å². The molecule has 0 radical (unpaired) electrons. The molecule has 160 valence electrons. The molecule has 1 saturated heterocycles. The van der Waals surface area contributed by atoms with Gasteiger partial charge in [-0.2, -0.15) is 4.31 Å². The van der Waals surface area contributed by atoms with E-state index in [-0.39, 0.29) is 16.1 Å². The summed E-state index contributed by atoms with van der Waals surface area (Å²) in [5.41, 5.74) is 0.352. The summed E-state index contributed by atoms with van der Waals surface area (Å²) < 4.78 is 27.8. The van der Waals surface area contributed by atoms with Crippen LogP contribution < -0.4 is 5.32 Å². The molecule has 1 amide bonds. The molecule has 0 atom stereocenters. The van der Waals surface area contributed by atoms with Crippen molar-refractivity contribution in [1.29, 1.82) is 0 Å². The lowest BCUT2D eigenvalue weighted by Crippen LogP contribution is -2.32. The van der Waals surface area contributed by atoms with Gasteiger partial charge in [-0.3, -0.25) is 14.9 Å². The van der Waals surface area contributed by atoms with Crippen molar-refractivity contribution in [2.45, 2.75) is 37.5 Å². The molecule has 3 rings (SSSR count). The molecule has 0 aromatic heterocycles. The van der Waals surface area contributed by atoms with Gasteiger partial charge in [0.05, 0.1) is 9.82 Å². The molecule has 2 N–H and O–H groups in total. The van der Waals surface area contributed by atoms with Gasteiger partial charge in [0.25, 0.3) is 5.91 Å². The maximum atomic E-state index is 13.1. The number of phenolic OH excluding ortho intramolecular Hbond substituents is 1. The highest BCUT2D eigenvalue weighted by Gasteiger charge is 2.27. The number of nitrogens with one attached hydrogen (secondary N) is 1. The number of benzene rings is 2. The van der Waals surface area contributed by atoms with E-state index in [0.717, 1.165) is 37.8 Å². The van der Waals surface area contributed by atoms with Crippen LogP contribution >= 0.6 is 0 Å². The second-order valence-corrected chi connectivity index (χ2v) is 9.12. The third kappa shape index (κ3) is 4.60. The van der Waals surface area contributed by atoms with E-state index in [4.69, 9.17) is 0 Å². The Morgan fingerprint density at radius 2 is 1.77 bits per heavy atom. The van der Waals surface area contributed by atoms with Crippen LogP contribution in [-0.2, 0) is 10.0 Å². The number of nitro benzene ring substituents is 1. The normalized spacial score (nSPS) is 15.4. The number of nitro groups is 1. The molecule has 0 bridgehead atoms. The molecule has 9 nitrogen and oxygen atoms in total. The first-order chi connectivity index (χ1) is 14.2. The van der Waals surface area contributed by atoms with E-state index in [1.807, 2.05) is 0 Å². The summed E-state index contributed by atoms with van der Waals surface area (Å²) in [7, 11) is -3.69. The third-order valence-electron chi connectivity index (χ3n) is 5.06. The van der Waals surface area contributed by atoms with Gasteiger partial charge in [-0.1, -0.05) is 18.9 Å². The van der Waals surface area contributed by atoms with Crippen LogP contribution in [0.2, 0.25) is 0 Å². The van der Waals surface area contributed by atoms with Gasteiger partial charge in [0, 0.05) is 30.4 Å². The van der Waals surface area contributed by atoms with Crippen molar-refractivity contribution in [3.05, 3.63) is 57.6 Å². The molecule has 2 aromatic carbocycles. The van der Waals surface area contributed by atoms with E-state index >= 15 is 0 Å². The van der Waals surface area contributed by atoms with Crippen LogP contribution in [0, 0.1) is 17.0 Å². The molecule has 0 saturated carbocycles. The van der Waals surface area contributed by atoms with E-state index < -0.39 is 32.3 Å². The molecule has 1 fully saturated rings. The summed E-state index contributed by atoms with van der Waals surface area (Å²) in [5, 5.41) is 23.1. The van der Waals surface area contributed by atoms with Crippen molar-refractivity contribution in [3.63, 3.8) is 0 Å². The number of carbonyl (C=O) groups excluding carboxylic acids is 1. The lowest BCUT2D eigenvalue weighted by atomic mass is 10.1. The number of hydrogen-bond acceptors (Lipinski definition) is 6. The van der Waals surface area contributed by atoms with Gasteiger partial charge in [0.15, 0.2) is 5.75 Å². The highest BCUT2D eigenvalue weighted by atomic mass is 32.2. The van der Waals surface area contributed by atoms with Gasteiger partial charge in [-0.15, -0.1) is 0 Å². The van der Waals surface area contributed by atoms with Gasteiger partial charge in [0.1, 0.15) is 0 Å². The lowest BCUT2D eigenvalue weighted by Gasteiger charge is -2.21. The molecule has 10 heteroatoms. The first kappa shape index (κ1) is 21.7. The summed E-state index contributed by atoms with van der Waals surface area (Å²) in [6, 6.07) is 7.87. The average Bonchev–Trinajstić information content (AvgIpc) is 2.99. The Bertz CT molecular complexity index is 1080. The number of amides is 1. The molecule has 30 heavy (non-hydrogen) atoms. The lowest BCUT2D eigenvalue weighted by molar-refractivity contribution is -0.385. The number of hydrogen-bond donors (Lipinski definition) is 2. The van der Waals surface area contributed by atoms with Crippen molar-refractivity contribution < 1.29 is 23.2 Å². The fourth-order valence-electron chi connectivity index (χ4n) is 3.40. The van der Waals surface area contributed by atoms with E-state index in [1.54, 1.807) is 19.1 Å². The van der Waals surface area contributed by atoms with Crippen molar-refractivity contribution >= 4 is 27.3 Å². The van der Waals surface area contributed by atoms with Crippen LogP contribution in [0.3, 0.4) is 0 Å². The molecule has 0 unspecified atom stereocenters. The predicted octanol–water partition coefficient (Wildman–Crippen LogP) is 3.43. The van der Waals surface area contributed by atoms with Crippen LogP contribution in [-0.4, -0.2) is 41.7 Å². The number of aromatic hydroxyl groups is 1. The zero-order valence-electron chi connectivity index (χ0n) is 16.5. The van der Waals surface area contributed by atoms with Crippen LogP contribution in [0.4, 0.5) is 11.4 Å². The predicted molar refractivity (Wildman–Crippen MR) is 111 cm³/mol. The summed E-state index contributed by atoms with van der Waals surface area (Å²) in [6.45, 7) is 2.64. The first-order valence-corrected chi connectivity index (χ1v) is 11.0. The van der Waals surface area contributed by atoms with Crippen molar-refractivity contribution in [2.24, 2.45) is 0 Å². The van der Waals surface area contributed by atoms with Gasteiger partial charge in [-0.25, -0.2) is 8.42 Å². The van der Waals surface area contributed by atoms with Crippen LogP contribution in [0.5, 0.6) is 5.75 Å². The average molecular weight is 433 g/mol. The highest BCUT2D eigenvalue weighted by Crippen LogP contribution is 2.28. The summed E-state index contributed by atoms with van der Waals surface area (Å²) in [4.78, 5) is 22.7. The van der Waals surface area contributed by atoms with Crippen LogP contribution in [0.1, 0.15) is 41.6 Å². The summed E-state index contributed by atoms with van der Waals surface area (Å²) in [6.07, 6.45) is 3.64. The summed E-state index contributed by atoms with van der Waals surface area (Å²) >= 11 is 0. The van der Waals surface area contributed by atoms with E-state index in [1.165, 1.54) is 16.4 Å². The van der Waals surface area contributed by atoms with Crippen molar-refractivity contribution in [1.82, 2.24) is 4.31 Å². The monoisotopic (exact) mass is 433 g/mol. The van der Waals surface area contributed by atoms with Gasteiger partial charge in [0.2, 0.25) is 10.0 Å². The number of sulfonamides is 1. The third-order valence-corrected chi connectivity index (χ3v) is 7.10. The number of carbonyl (C=O) groups is 1. The number of rotatable bonds is 5. The molecular weight excluding hydrogens is 410 g/mol. The number of anilines is 1. The minimum Gasteiger partial charge on any atom is -0.502 e. The SMILES string of the molecule is Cc1ccc(NC(=O)c2ccc([N+](=O)[O-])c(O)c2)cc1S(=O)(=O)N1CCCCCC1. The molecule has 2 aromatic rings. The topological polar surface area (TPSA) is 130 Å². The number of phenols is 1. The standard InChI is InChI=1S/C20H23N3O6S/c1-14-6-8-16(13-19(14)30(28,29)22-10-4-2-3-5-11-22)21-20(25)15-7-9-17(23(26)27)18(24)12-15/h6-9,12-13,24H,2-5,10-11H2,1H3,(H,21,25). The minimum atomic E-state index is -3.69. The molecule has 0 spiro atoms. The highest BCUT2D eigenvalue weighted by molar-refractivity contribution is 7.89. The van der Waals surface area contributed by atoms with Gasteiger partial charge >= 0.3 is 5.69 Å². The van der Waals surface area contributed by atoms with E-state index in [0.29, 0.717) is 18.7 Å². The molecule has 1 heterocycles. The fraction of sp³-hybridized carbons (Fsp3) is 0.350. The smallest absolute Gasteiger partial charge is 0.310 e.